The fourth-order valence-corrected chi connectivity index (χ4v) is 3.97. The van der Waals surface area contributed by atoms with Crippen molar-refractivity contribution in [3.8, 4) is 0 Å². The molecule has 1 aromatic carbocycles. The molecular weight excluding hydrogens is 304 g/mol. The number of rotatable bonds is 5. The molecule has 0 saturated carbocycles. The van der Waals surface area contributed by atoms with Gasteiger partial charge in [-0.2, -0.15) is 0 Å². The van der Waals surface area contributed by atoms with E-state index in [9.17, 15) is 4.79 Å². The van der Waals surface area contributed by atoms with Crippen LogP contribution in [0.5, 0.6) is 0 Å². The van der Waals surface area contributed by atoms with Gasteiger partial charge in [0.05, 0.1) is 5.56 Å². The first kappa shape index (κ1) is 16.2. The Morgan fingerprint density at radius 2 is 1.87 bits per heavy atom. The molecule has 0 bridgehead atoms. The second-order valence-electron chi connectivity index (χ2n) is 6.11. The van der Waals surface area contributed by atoms with Gasteiger partial charge in [-0.1, -0.05) is 43.7 Å². The van der Waals surface area contributed by atoms with Gasteiger partial charge in [0.2, 0.25) is 0 Å². The molecule has 0 atom stereocenters. The van der Waals surface area contributed by atoms with Gasteiger partial charge in [-0.3, -0.25) is 9.69 Å². The van der Waals surface area contributed by atoms with Crippen LogP contribution in [0, 0.1) is 0 Å². The molecule has 1 saturated heterocycles. The van der Waals surface area contributed by atoms with Gasteiger partial charge in [-0.15, -0.1) is 11.3 Å². The zero-order chi connectivity index (χ0) is 16.1. The topological polar surface area (TPSA) is 23.6 Å². The molecule has 1 fully saturated rings. The number of carbonyl (C=O) groups is 1. The van der Waals surface area contributed by atoms with Crippen molar-refractivity contribution >= 4 is 17.2 Å². The van der Waals surface area contributed by atoms with Crippen LogP contribution >= 0.6 is 11.3 Å². The van der Waals surface area contributed by atoms with Gasteiger partial charge in [0.1, 0.15) is 0 Å². The smallest absolute Gasteiger partial charge is 0.254 e. The number of amides is 1. The van der Waals surface area contributed by atoms with Crippen LogP contribution < -0.4 is 0 Å². The minimum Gasteiger partial charge on any atom is -0.336 e. The molecule has 3 rings (SSSR count). The molecule has 3 nitrogen and oxygen atoms in total. The lowest BCUT2D eigenvalue weighted by Gasteiger charge is -2.34. The third-order valence-electron chi connectivity index (χ3n) is 4.31. The van der Waals surface area contributed by atoms with Crippen molar-refractivity contribution < 1.29 is 4.79 Å². The quantitative estimate of drug-likeness (QED) is 0.836. The molecule has 2 aromatic rings. The van der Waals surface area contributed by atoms with Gasteiger partial charge in [0.25, 0.3) is 5.91 Å². The molecule has 0 aliphatic carbocycles. The van der Waals surface area contributed by atoms with Crippen molar-refractivity contribution in [2.45, 2.75) is 26.3 Å². The van der Waals surface area contributed by atoms with Crippen molar-refractivity contribution in [1.82, 2.24) is 9.80 Å². The second-order valence-corrected chi connectivity index (χ2v) is 7.10. The summed E-state index contributed by atoms with van der Waals surface area (Å²) in [5.74, 6) is 0.197. The standard InChI is InChI=1S/C19H24N2OS/c1-2-6-18-13-17(15-23-18)19(22)21-11-9-20(10-12-21)14-16-7-4-3-5-8-16/h3-5,7-8,13,15H,2,6,9-12,14H2,1H3. The first-order valence-electron chi connectivity index (χ1n) is 8.39. The highest BCUT2D eigenvalue weighted by molar-refractivity contribution is 7.10. The molecule has 0 N–H and O–H groups in total. The summed E-state index contributed by atoms with van der Waals surface area (Å²) in [7, 11) is 0. The third kappa shape index (κ3) is 4.21. The van der Waals surface area contributed by atoms with E-state index in [1.54, 1.807) is 11.3 Å². The number of hydrogen-bond acceptors (Lipinski definition) is 3. The zero-order valence-corrected chi connectivity index (χ0v) is 14.5. The number of nitrogens with zero attached hydrogens (tertiary/aromatic N) is 2. The van der Waals surface area contributed by atoms with Gasteiger partial charge in [-0.25, -0.2) is 0 Å². The lowest BCUT2D eigenvalue weighted by Crippen LogP contribution is -2.48. The normalized spacial score (nSPS) is 15.8. The fraction of sp³-hybridized carbons (Fsp3) is 0.421. The largest absolute Gasteiger partial charge is 0.336 e. The predicted molar refractivity (Wildman–Crippen MR) is 95.9 cm³/mol. The first-order chi connectivity index (χ1) is 11.3. The maximum absolute atomic E-state index is 12.6. The van der Waals surface area contributed by atoms with Crippen molar-refractivity contribution in [2.75, 3.05) is 26.2 Å². The lowest BCUT2D eigenvalue weighted by molar-refractivity contribution is 0.0629. The van der Waals surface area contributed by atoms with Crippen LogP contribution in [0.1, 0.15) is 34.1 Å². The Morgan fingerprint density at radius 1 is 1.13 bits per heavy atom. The summed E-state index contributed by atoms with van der Waals surface area (Å²) >= 11 is 1.71. The Labute approximate surface area is 142 Å². The van der Waals surface area contributed by atoms with E-state index < -0.39 is 0 Å². The number of piperazine rings is 1. The van der Waals surface area contributed by atoms with Crippen molar-refractivity contribution in [3.05, 3.63) is 57.8 Å². The first-order valence-corrected chi connectivity index (χ1v) is 9.27. The van der Waals surface area contributed by atoms with E-state index in [2.05, 4.69) is 42.2 Å². The molecule has 1 aromatic heterocycles. The van der Waals surface area contributed by atoms with E-state index in [0.29, 0.717) is 0 Å². The highest BCUT2D eigenvalue weighted by Gasteiger charge is 2.22. The number of carbonyl (C=O) groups excluding carboxylic acids is 1. The molecule has 4 heteroatoms. The Morgan fingerprint density at radius 3 is 2.57 bits per heavy atom. The van der Waals surface area contributed by atoms with Crippen molar-refractivity contribution in [1.29, 1.82) is 0 Å². The lowest BCUT2D eigenvalue weighted by atomic mass is 10.2. The molecule has 122 valence electrons. The Hall–Kier alpha value is -1.65. The van der Waals surface area contributed by atoms with Crippen LogP contribution in [0.15, 0.2) is 41.8 Å². The van der Waals surface area contributed by atoms with Crippen LogP contribution in [0.3, 0.4) is 0 Å². The number of thiophene rings is 1. The maximum Gasteiger partial charge on any atom is 0.254 e. The summed E-state index contributed by atoms with van der Waals surface area (Å²) in [6.45, 7) is 6.70. The average Bonchev–Trinajstić information content (AvgIpc) is 3.05. The molecule has 1 amide bonds. The van der Waals surface area contributed by atoms with E-state index in [-0.39, 0.29) is 5.91 Å². The zero-order valence-electron chi connectivity index (χ0n) is 13.7. The minimum atomic E-state index is 0.197. The van der Waals surface area contributed by atoms with Gasteiger partial charge in [-0.05, 0) is 18.1 Å². The number of aryl methyl sites for hydroxylation is 1. The van der Waals surface area contributed by atoms with Crippen LogP contribution in [0.2, 0.25) is 0 Å². The van der Waals surface area contributed by atoms with Crippen LogP contribution in [-0.2, 0) is 13.0 Å². The van der Waals surface area contributed by atoms with E-state index in [1.807, 2.05) is 16.3 Å². The van der Waals surface area contributed by atoms with Crippen LogP contribution in [-0.4, -0.2) is 41.9 Å². The summed E-state index contributed by atoms with van der Waals surface area (Å²) in [6.07, 6.45) is 2.20. The molecule has 0 radical (unpaired) electrons. The van der Waals surface area contributed by atoms with Gasteiger partial charge < -0.3 is 4.90 Å². The van der Waals surface area contributed by atoms with Gasteiger partial charge in [0, 0.05) is 43.0 Å². The summed E-state index contributed by atoms with van der Waals surface area (Å²) in [6, 6.07) is 12.6. The van der Waals surface area contributed by atoms with Crippen molar-refractivity contribution in [2.24, 2.45) is 0 Å². The van der Waals surface area contributed by atoms with E-state index in [0.717, 1.165) is 51.1 Å². The fourth-order valence-electron chi connectivity index (χ4n) is 3.00. The monoisotopic (exact) mass is 328 g/mol. The van der Waals surface area contributed by atoms with Crippen LogP contribution in [0.4, 0.5) is 0 Å². The van der Waals surface area contributed by atoms with E-state index in [4.69, 9.17) is 0 Å². The average molecular weight is 328 g/mol. The number of benzene rings is 1. The van der Waals surface area contributed by atoms with Gasteiger partial charge >= 0.3 is 0 Å². The molecule has 2 heterocycles. The van der Waals surface area contributed by atoms with Crippen LogP contribution in [0.25, 0.3) is 0 Å². The SMILES string of the molecule is CCCc1cc(C(=O)N2CCN(Cc3ccccc3)CC2)cs1. The molecule has 23 heavy (non-hydrogen) atoms. The highest BCUT2D eigenvalue weighted by atomic mass is 32.1. The summed E-state index contributed by atoms with van der Waals surface area (Å²) in [4.78, 5) is 18.3. The van der Waals surface area contributed by atoms with E-state index in [1.165, 1.54) is 10.4 Å². The third-order valence-corrected chi connectivity index (χ3v) is 5.30. The van der Waals surface area contributed by atoms with Gasteiger partial charge in [0.15, 0.2) is 0 Å². The second kappa shape index (κ2) is 7.75. The summed E-state index contributed by atoms with van der Waals surface area (Å²) in [5.41, 5.74) is 2.21. The maximum atomic E-state index is 12.6. The summed E-state index contributed by atoms with van der Waals surface area (Å²) in [5, 5.41) is 2.02. The van der Waals surface area contributed by atoms with E-state index >= 15 is 0 Å². The molecule has 1 aliphatic heterocycles. The Kier molecular flexibility index (Phi) is 5.47. The highest BCUT2D eigenvalue weighted by Crippen LogP contribution is 2.19. The number of hydrogen-bond donors (Lipinski definition) is 0. The minimum absolute atomic E-state index is 0.197. The summed E-state index contributed by atoms with van der Waals surface area (Å²) < 4.78 is 0. The molecule has 0 spiro atoms. The Bertz CT molecular complexity index is 630. The Balaban J connectivity index is 1.52. The molecule has 1 aliphatic rings. The molecule has 0 unspecified atom stereocenters. The predicted octanol–water partition coefficient (Wildman–Crippen LogP) is 3.66. The van der Waals surface area contributed by atoms with Crippen molar-refractivity contribution in [3.63, 3.8) is 0 Å². The molecular formula is C19H24N2OS.